The summed E-state index contributed by atoms with van der Waals surface area (Å²) in [7, 11) is 0. The predicted octanol–water partition coefficient (Wildman–Crippen LogP) is 0.243. The summed E-state index contributed by atoms with van der Waals surface area (Å²) in [4.78, 5) is 10.6. The summed E-state index contributed by atoms with van der Waals surface area (Å²) >= 11 is 0. The van der Waals surface area contributed by atoms with Crippen molar-refractivity contribution >= 4 is 12.0 Å². The molecule has 0 aliphatic carbocycles. The molecule has 0 aliphatic rings. The number of aldehydes is 1. The molecule has 0 aromatic heterocycles. The zero-order valence-electron chi connectivity index (χ0n) is 7.90. The molecule has 76 valence electrons. The Balaban J connectivity index is 3.10. The highest BCUT2D eigenvalue weighted by Gasteiger charge is 2.08. The fourth-order valence-electron chi connectivity index (χ4n) is 1.30. The van der Waals surface area contributed by atoms with Gasteiger partial charge in [-0.15, -0.1) is 0 Å². The minimum atomic E-state index is -1.42. The van der Waals surface area contributed by atoms with Crippen LogP contribution < -0.4 is 5.73 Å². The highest BCUT2D eigenvalue weighted by molar-refractivity contribution is 5.81. The van der Waals surface area contributed by atoms with Crippen LogP contribution >= 0.6 is 0 Å². The van der Waals surface area contributed by atoms with E-state index in [1.54, 1.807) is 19.1 Å². The van der Waals surface area contributed by atoms with Crippen LogP contribution in [0.4, 0.5) is 5.69 Å². The van der Waals surface area contributed by atoms with E-state index in [1.807, 2.05) is 0 Å². The molecule has 0 atom stereocenters. The van der Waals surface area contributed by atoms with Crippen LogP contribution in [0.5, 0.6) is 0 Å². The third-order valence-electron chi connectivity index (χ3n) is 2.18. The van der Waals surface area contributed by atoms with Crippen LogP contribution in [0, 0.1) is 6.92 Å². The van der Waals surface area contributed by atoms with Gasteiger partial charge in [-0.2, -0.15) is 0 Å². The number of hydrogen-bond donors (Lipinski definition) is 3. The maximum absolute atomic E-state index is 10.6. The Morgan fingerprint density at radius 3 is 2.64 bits per heavy atom. The fraction of sp³-hybridized carbons (Fsp3) is 0.300. The number of carbonyl (C=O) groups excluding carboxylic acids is 1. The maximum atomic E-state index is 10.6. The van der Waals surface area contributed by atoms with Crippen LogP contribution in [0.15, 0.2) is 12.1 Å². The van der Waals surface area contributed by atoms with Gasteiger partial charge in [0.25, 0.3) is 0 Å². The number of nitrogens with two attached hydrogens (primary N) is 1. The van der Waals surface area contributed by atoms with Crippen molar-refractivity contribution in [2.75, 3.05) is 5.73 Å². The average Bonchev–Trinajstić information content (AvgIpc) is 2.13. The third-order valence-corrected chi connectivity index (χ3v) is 2.18. The van der Waals surface area contributed by atoms with Gasteiger partial charge in [-0.25, -0.2) is 0 Å². The summed E-state index contributed by atoms with van der Waals surface area (Å²) < 4.78 is 0. The molecule has 0 fully saturated rings. The Hall–Kier alpha value is -1.39. The highest BCUT2D eigenvalue weighted by atomic mass is 16.5. The van der Waals surface area contributed by atoms with Crippen LogP contribution in [0.3, 0.4) is 0 Å². The quantitative estimate of drug-likeness (QED) is 0.366. The molecule has 1 aromatic carbocycles. The molecule has 0 radical (unpaired) electrons. The van der Waals surface area contributed by atoms with Crippen LogP contribution in [0.1, 0.15) is 21.5 Å². The number of aliphatic hydroxyl groups excluding tert-OH is 1. The first-order chi connectivity index (χ1) is 6.56. The van der Waals surface area contributed by atoms with Crippen LogP contribution in [0.2, 0.25) is 0 Å². The molecule has 14 heavy (non-hydrogen) atoms. The Morgan fingerprint density at radius 1 is 1.50 bits per heavy atom. The molecule has 0 unspecified atom stereocenters. The van der Waals surface area contributed by atoms with E-state index in [4.69, 9.17) is 15.9 Å². The molecule has 0 amide bonds. The zero-order valence-corrected chi connectivity index (χ0v) is 7.90. The van der Waals surface area contributed by atoms with E-state index in [0.717, 1.165) is 6.29 Å². The van der Waals surface area contributed by atoms with Crippen molar-refractivity contribution in [1.82, 2.24) is 0 Å². The average molecular weight is 195 g/mol. The Bertz CT molecular complexity index is 347. The van der Waals surface area contributed by atoms with Crippen molar-refractivity contribution in [3.8, 4) is 0 Å². The Kier molecular flexibility index (Phi) is 3.22. The van der Waals surface area contributed by atoms with Gasteiger partial charge in [-0.05, 0) is 18.1 Å². The van der Waals surface area contributed by atoms with Crippen molar-refractivity contribution in [2.24, 2.45) is 0 Å². The topological polar surface area (TPSA) is 83.5 Å². The summed E-state index contributed by atoms with van der Waals surface area (Å²) in [6.45, 7) is 1.73. The van der Waals surface area contributed by atoms with Gasteiger partial charge in [-0.3, -0.25) is 4.79 Å². The van der Waals surface area contributed by atoms with E-state index in [2.05, 4.69) is 0 Å². The summed E-state index contributed by atoms with van der Waals surface area (Å²) in [6.07, 6.45) is -0.616. The lowest BCUT2D eigenvalue weighted by Gasteiger charge is -2.10. The molecule has 1 aromatic rings. The normalized spacial score (nSPS) is 10.6. The second-order valence-corrected chi connectivity index (χ2v) is 3.16. The van der Waals surface area contributed by atoms with Crippen molar-refractivity contribution in [2.45, 2.75) is 19.6 Å². The van der Waals surface area contributed by atoms with Gasteiger partial charge >= 0.3 is 0 Å². The third kappa shape index (κ3) is 2.10. The number of aliphatic hydroxyl groups is 2. The first-order valence-electron chi connectivity index (χ1n) is 4.25. The van der Waals surface area contributed by atoms with Crippen LogP contribution in [-0.4, -0.2) is 22.8 Å². The molecule has 0 saturated heterocycles. The first kappa shape index (κ1) is 10.7. The number of benzene rings is 1. The molecular weight excluding hydrogens is 182 g/mol. The predicted molar refractivity (Wildman–Crippen MR) is 52.9 cm³/mol. The van der Waals surface area contributed by atoms with Crippen molar-refractivity contribution < 1.29 is 15.0 Å². The first-order valence-corrected chi connectivity index (χ1v) is 4.25. The van der Waals surface area contributed by atoms with Gasteiger partial charge < -0.3 is 15.9 Å². The van der Waals surface area contributed by atoms with Gasteiger partial charge in [0.2, 0.25) is 0 Å². The Morgan fingerprint density at radius 2 is 2.14 bits per heavy atom. The molecule has 0 saturated carbocycles. The van der Waals surface area contributed by atoms with Crippen LogP contribution in [0.25, 0.3) is 0 Å². The SMILES string of the molecule is Cc1c(C=O)ccc(CC(O)O)c1N. The summed E-state index contributed by atoms with van der Waals surface area (Å²) in [5.41, 5.74) is 8.02. The highest BCUT2D eigenvalue weighted by Crippen LogP contribution is 2.20. The Labute approximate surface area is 82.0 Å². The van der Waals surface area contributed by atoms with E-state index in [9.17, 15) is 4.79 Å². The van der Waals surface area contributed by atoms with Gasteiger partial charge in [0.15, 0.2) is 6.29 Å². The zero-order chi connectivity index (χ0) is 10.7. The van der Waals surface area contributed by atoms with Gasteiger partial charge in [0, 0.05) is 17.7 Å². The molecule has 4 nitrogen and oxygen atoms in total. The van der Waals surface area contributed by atoms with Crippen molar-refractivity contribution in [3.05, 3.63) is 28.8 Å². The van der Waals surface area contributed by atoms with Crippen molar-refractivity contribution in [3.63, 3.8) is 0 Å². The standard InChI is InChI=1S/C10H13NO3/c1-6-8(5-12)3-2-7(10(6)11)4-9(13)14/h2-3,5,9,13-14H,4,11H2,1H3. The van der Waals surface area contributed by atoms with Gasteiger partial charge in [0.1, 0.15) is 6.29 Å². The van der Waals surface area contributed by atoms with E-state index in [-0.39, 0.29) is 6.42 Å². The fourth-order valence-corrected chi connectivity index (χ4v) is 1.30. The number of nitrogen functional groups attached to an aromatic ring is 1. The second kappa shape index (κ2) is 4.21. The summed E-state index contributed by atoms with van der Waals surface area (Å²) in [6, 6.07) is 3.25. The molecule has 0 aliphatic heterocycles. The molecule has 0 spiro atoms. The molecule has 4 N–H and O–H groups in total. The number of carbonyl (C=O) groups is 1. The molecule has 4 heteroatoms. The van der Waals surface area contributed by atoms with Gasteiger partial charge in [-0.1, -0.05) is 12.1 Å². The van der Waals surface area contributed by atoms with Crippen molar-refractivity contribution in [1.29, 1.82) is 0 Å². The number of anilines is 1. The molecule has 0 heterocycles. The van der Waals surface area contributed by atoms with E-state index >= 15 is 0 Å². The van der Waals surface area contributed by atoms with Gasteiger partial charge in [0.05, 0.1) is 0 Å². The lowest BCUT2D eigenvalue weighted by atomic mass is 10.0. The lowest BCUT2D eigenvalue weighted by molar-refractivity contribution is -0.0380. The monoisotopic (exact) mass is 195 g/mol. The minimum absolute atomic E-state index is 0.0752. The molecule has 1 rings (SSSR count). The lowest BCUT2D eigenvalue weighted by Crippen LogP contribution is -2.11. The summed E-state index contributed by atoms with van der Waals surface area (Å²) in [5, 5.41) is 17.6. The second-order valence-electron chi connectivity index (χ2n) is 3.16. The molecule has 0 bridgehead atoms. The number of rotatable bonds is 3. The largest absolute Gasteiger partial charge is 0.398 e. The molecular formula is C10H13NO3. The smallest absolute Gasteiger partial charge is 0.155 e. The summed E-state index contributed by atoms with van der Waals surface area (Å²) in [5.74, 6) is 0. The van der Waals surface area contributed by atoms with E-state index < -0.39 is 6.29 Å². The van der Waals surface area contributed by atoms with E-state index in [1.165, 1.54) is 0 Å². The van der Waals surface area contributed by atoms with E-state index in [0.29, 0.717) is 22.4 Å². The maximum Gasteiger partial charge on any atom is 0.155 e. The number of hydrogen-bond acceptors (Lipinski definition) is 4. The van der Waals surface area contributed by atoms with Crippen LogP contribution in [-0.2, 0) is 6.42 Å². The minimum Gasteiger partial charge on any atom is -0.398 e.